The third-order valence-electron chi connectivity index (χ3n) is 1.89. The smallest absolute Gasteiger partial charge is 0.414 e. The van der Waals surface area contributed by atoms with Crippen LogP contribution in [0.15, 0.2) is 0 Å². The van der Waals surface area contributed by atoms with Crippen molar-refractivity contribution in [2.24, 2.45) is 5.41 Å². The highest BCUT2D eigenvalue weighted by Gasteiger charge is 2.39. The lowest BCUT2D eigenvalue weighted by atomic mass is 9.95. The largest absolute Gasteiger partial charge is 0.469 e. The Labute approximate surface area is 86.5 Å². The molecule has 15 heavy (non-hydrogen) atoms. The molecule has 0 amide bonds. The SMILES string of the molecule is COC(=O)C(C)(C)COC(C)C(F)(F)F. The lowest BCUT2D eigenvalue weighted by molar-refractivity contribution is -0.221. The Bertz CT molecular complexity index is 223. The number of methoxy groups -OCH3 is 1. The van der Waals surface area contributed by atoms with Gasteiger partial charge < -0.3 is 9.47 Å². The van der Waals surface area contributed by atoms with Gasteiger partial charge in [-0.15, -0.1) is 0 Å². The molecule has 1 unspecified atom stereocenters. The quantitative estimate of drug-likeness (QED) is 0.691. The average Bonchev–Trinajstić information content (AvgIpc) is 2.11. The lowest BCUT2D eigenvalue weighted by Crippen LogP contribution is -2.36. The summed E-state index contributed by atoms with van der Waals surface area (Å²) in [6, 6.07) is 0. The van der Waals surface area contributed by atoms with Gasteiger partial charge in [-0.25, -0.2) is 0 Å². The van der Waals surface area contributed by atoms with Gasteiger partial charge >= 0.3 is 12.1 Å². The molecule has 0 spiro atoms. The van der Waals surface area contributed by atoms with Gasteiger partial charge in [-0.3, -0.25) is 4.79 Å². The van der Waals surface area contributed by atoms with Crippen LogP contribution in [0.3, 0.4) is 0 Å². The van der Waals surface area contributed by atoms with Crippen molar-refractivity contribution in [3.8, 4) is 0 Å². The molecule has 0 saturated carbocycles. The molecular formula is C9H15F3O3. The normalized spacial score (nSPS) is 14.9. The van der Waals surface area contributed by atoms with E-state index in [0.717, 1.165) is 6.92 Å². The summed E-state index contributed by atoms with van der Waals surface area (Å²) < 4.78 is 45.2. The average molecular weight is 228 g/mol. The molecule has 0 bridgehead atoms. The van der Waals surface area contributed by atoms with Crippen LogP contribution in [0.2, 0.25) is 0 Å². The number of esters is 1. The van der Waals surface area contributed by atoms with Gasteiger partial charge in [0.15, 0.2) is 6.10 Å². The zero-order chi connectivity index (χ0) is 12.3. The Balaban J connectivity index is 4.21. The number of carbonyl (C=O) groups is 1. The van der Waals surface area contributed by atoms with E-state index in [-0.39, 0.29) is 6.61 Å². The molecule has 1 atom stereocenters. The third-order valence-corrected chi connectivity index (χ3v) is 1.89. The van der Waals surface area contributed by atoms with Crippen LogP contribution >= 0.6 is 0 Å². The number of alkyl halides is 3. The number of carbonyl (C=O) groups excluding carboxylic acids is 1. The highest BCUT2D eigenvalue weighted by atomic mass is 19.4. The predicted molar refractivity (Wildman–Crippen MR) is 47.3 cm³/mol. The Morgan fingerprint density at radius 1 is 1.33 bits per heavy atom. The van der Waals surface area contributed by atoms with Gasteiger partial charge in [-0.05, 0) is 20.8 Å². The van der Waals surface area contributed by atoms with Crippen LogP contribution in [-0.4, -0.2) is 32.0 Å². The van der Waals surface area contributed by atoms with Crippen molar-refractivity contribution in [3.05, 3.63) is 0 Å². The summed E-state index contributed by atoms with van der Waals surface area (Å²) in [7, 11) is 1.18. The van der Waals surface area contributed by atoms with Crippen molar-refractivity contribution >= 4 is 5.97 Å². The standard InChI is InChI=1S/C9H15F3O3/c1-6(9(10,11)12)15-5-8(2,3)7(13)14-4/h6H,5H2,1-4H3. The minimum Gasteiger partial charge on any atom is -0.469 e. The Morgan fingerprint density at radius 3 is 2.13 bits per heavy atom. The van der Waals surface area contributed by atoms with Crippen LogP contribution in [0.4, 0.5) is 13.2 Å². The maximum Gasteiger partial charge on any atom is 0.414 e. The minimum atomic E-state index is -4.41. The molecule has 0 radical (unpaired) electrons. The molecule has 0 aliphatic rings. The van der Waals surface area contributed by atoms with Crippen LogP contribution in [0.1, 0.15) is 20.8 Å². The molecule has 0 aromatic heterocycles. The summed E-state index contributed by atoms with van der Waals surface area (Å²) in [6.45, 7) is 3.48. The predicted octanol–water partition coefficient (Wildman–Crippen LogP) is 2.15. The number of hydrogen-bond donors (Lipinski definition) is 0. The topological polar surface area (TPSA) is 35.5 Å². The van der Waals surface area contributed by atoms with Crippen molar-refractivity contribution in [2.45, 2.75) is 33.1 Å². The summed E-state index contributed by atoms with van der Waals surface area (Å²) in [5.74, 6) is -0.600. The molecule has 3 nitrogen and oxygen atoms in total. The van der Waals surface area contributed by atoms with Crippen molar-refractivity contribution < 1.29 is 27.4 Å². The molecule has 0 fully saturated rings. The van der Waals surface area contributed by atoms with Gasteiger partial charge in [-0.2, -0.15) is 13.2 Å². The first-order chi connectivity index (χ1) is 6.61. The van der Waals surface area contributed by atoms with E-state index in [2.05, 4.69) is 9.47 Å². The summed E-state index contributed by atoms with van der Waals surface area (Å²) in [5, 5.41) is 0. The highest BCUT2D eigenvalue weighted by molar-refractivity contribution is 5.75. The zero-order valence-corrected chi connectivity index (χ0v) is 9.14. The molecule has 6 heteroatoms. The molecular weight excluding hydrogens is 213 g/mol. The van der Waals surface area contributed by atoms with Crippen molar-refractivity contribution in [1.82, 2.24) is 0 Å². The highest BCUT2D eigenvalue weighted by Crippen LogP contribution is 2.25. The van der Waals surface area contributed by atoms with E-state index >= 15 is 0 Å². The number of halogens is 3. The second kappa shape index (κ2) is 4.83. The van der Waals surface area contributed by atoms with Gasteiger partial charge in [0, 0.05) is 0 Å². The lowest BCUT2D eigenvalue weighted by Gasteiger charge is -2.24. The zero-order valence-electron chi connectivity index (χ0n) is 9.14. The summed E-state index contributed by atoms with van der Waals surface area (Å²) >= 11 is 0. The summed E-state index contributed by atoms with van der Waals surface area (Å²) in [4.78, 5) is 11.1. The Kier molecular flexibility index (Phi) is 4.58. The van der Waals surface area contributed by atoms with Crippen molar-refractivity contribution in [3.63, 3.8) is 0 Å². The van der Waals surface area contributed by atoms with Gasteiger partial charge in [0.05, 0.1) is 19.1 Å². The van der Waals surface area contributed by atoms with E-state index in [9.17, 15) is 18.0 Å². The summed E-state index contributed by atoms with van der Waals surface area (Å²) in [6.07, 6.45) is -6.30. The number of ether oxygens (including phenoxy) is 2. The fourth-order valence-corrected chi connectivity index (χ4v) is 0.763. The molecule has 0 aliphatic heterocycles. The fraction of sp³-hybridized carbons (Fsp3) is 0.889. The first kappa shape index (κ1) is 14.2. The van der Waals surface area contributed by atoms with Crippen molar-refractivity contribution in [1.29, 1.82) is 0 Å². The maximum absolute atomic E-state index is 12.1. The van der Waals surface area contributed by atoms with Crippen LogP contribution in [0, 0.1) is 5.41 Å². The number of rotatable bonds is 4. The van der Waals surface area contributed by atoms with Crippen molar-refractivity contribution in [2.75, 3.05) is 13.7 Å². The Morgan fingerprint density at radius 2 is 1.80 bits per heavy atom. The molecule has 0 aliphatic carbocycles. The first-order valence-corrected chi connectivity index (χ1v) is 4.38. The van der Waals surface area contributed by atoms with Gasteiger partial charge in [0.1, 0.15) is 0 Å². The van der Waals surface area contributed by atoms with Crippen LogP contribution < -0.4 is 0 Å². The number of hydrogen-bond acceptors (Lipinski definition) is 3. The van der Waals surface area contributed by atoms with E-state index in [4.69, 9.17) is 0 Å². The summed E-state index contributed by atoms with van der Waals surface area (Å²) in [5.41, 5.74) is -1.08. The van der Waals surface area contributed by atoms with E-state index in [1.54, 1.807) is 0 Å². The Hall–Kier alpha value is -0.780. The van der Waals surface area contributed by atoms with E-state index < -0.39 is 23.7 Å². The van der Waals surface area contributed by atoms with Crippen LogP contribution in [0.5, 0.6) is 0 Å². The minimum absolute atomic E-state index is 0.333. The molecule has 0 aromatic carbocycles. The van der Waals surface area contributed by atoms with Crippen LogP contribution in [0.25, 0.3) is 0 Å². The van der Waals surface area contributed by atoms with Gasteiger partial charge in [0.2, 0.25) is 0 Å². The molecule has 0 rings (SSSR count). The van der Waals surface area contributed by atoms with Crippen LogP contribution in [-0.2, 0) is 14.3 Å². The van der Waals surface area contributed by atoms with E-state index in [1.165, 1.54) is 21.0 Å². The van der Waals surface area contributed by atoms with Gasteiger partial charge in [0.25, 0.3) is 0 Å². The molecule has 0 saturated heterocycles. The van der Waals surface area contributed by atoms with Gasteiger partial charge in [-0.1, -0.05) is 0 Å². The third kappa shape index (κ3) is 4.51. The maximum atomic E-state index is 12.1. The monoisotopic (exact) mass is 228 g/mol. The molecule has 90 valence electrons. The second-order valence-corrected chi connectivity index (χ2v) is 3.87. The second-order valence-electron chi connectivity index (χ2n) is 3.87. The molecule has 0 heterocycles. The molecule has 0 aromatic rings. The first-order valence-electron chi connectivity index (χ1n) is 4.38. The molecule has 0 N–H and O–H groups in total. The van der Waals surface area contributed by atoms with E-state index in [0.29, 0.717) is 0 Å². The van der Waals surface area contributed by atoms with E-state index in [1.807, 2.05) is 0 Å². The fourth-order valence-electron chi connectivity index (χ4n) is 0.763.